The second kappa shape index (κ2) is 8.86. The number of carbonyl (C=O) groups is 1. The van der Waals surface area contributed by atoms with Gasteiger partial charge in [0.1, 0.15) is 0 Å². The van der Waals surface area contributed by atoms with Gasteiger partial charge in [-0.2, -0.15) is 0 Å². The summed E-state index contributed by atoms with van der Waals surface area (Å²) < 4.78 is 0. The Balaban J connectivity index is 1.45. The molecule has 0 spiro atoms. The predicted octanol–water partition coefficient (Wildman–Crippen LogP) is 3.96. The van der Waals surface area contributed by atoms with Crippen LogP contribution >= 0.6 is 0 Å². The molecule has 138 valence electrons. The Labute approximate surface area is 156 Å². The fourth-order valence-electron chi connectivity index (χ4n) is 3.46. The van der Waals surface area contributed by atoms with Crippen LogP contribution in [0, 0.1) is 0 Å². The average Bonchev–Trinajstić information content (AvgIpc) is 2.68. The molecule has 3 rings (SSSR count). The monoisotopic (exact) mass is 351 g/mol. The fourth-order valence-corrected chi connectivity index (χ4v) is 3.46. The zero-order valence-corrected chi connectivity index (χ0v) is 15.8. The number of nitrogens with one attached hydrogen (secondary N) is 1. The zero-order chi connectivity index (χ0) is 18.4. The molecule has 1 aliphatic heterocycles. The first kappa shape index (κ1) is 18.5. The van der Waals surface area contributed by atoms with E-state index in [0.29, 0.717) is 12.3 Å². The second-order valence-corrected chi connectivity index (χ2v) is 7.20. The first-order valence-electron chi connectivity index (χ1n) is 9.54. The quantitative estimate of drug-likeness (QED) is 0.856. The third-order valence-electron chi connectivity index (χ3n) is 5.01. The average molecular weight is 351 g/mol. The van der Waals surface area contributed by atoms with Gasteiger partial charge < -0.3 is 10.2 Å². The number of nitrogens with zero attached hydrogens (tertiary/aromatic N) is 2. The maximum Gasteiger partial charge on any atom is 0.225 e. The number of para-hydroxylation sites is 2. The van der Waals surface area contributed by atoms with Crippen molar-refractivity contribution in [2.24, 2.45) is 0 Å². The van der Waals surface area contributed by atoms with Crippen molar-refractivity contribution in [3.8, 4) is 0 Å². The van der Waals surface area contributed by atoms with Gasteiger partial charge >= 0.3 is 0 Å². The number of hydrogen-bond acceptors (Lipinski definition) is 3. The van der Waals surface area contributed by atoms with Crippen molar-refractivity contribution in [2.75, 3.05) is 42.9 Å². The number of piperazine rings is 1. The van der Waals surface area contributed by atoms with E-state index in [1.54, 1.807) is 0 Å². The molecule has 0 aromatic heterocycles. The van der Waals surface area contributed by atoms with E-state index >= 15 is 0 Å². The molecule has 0 aliphatic carbocycles. The van der Waals surface area contributed by atoms with Crippen LogP contribution in [0.15, 0.2) is 54.6 Å². The lowest BCUT2D eigenvalue weighted by Crippen LogP contribution is -2.47. The molecule has 0 bridgehead atoms. The number of rotatable bonds is 6. The van der Waals surface area contributed by atoms with Crippen molar-refractivity contribution in [3.63, 3.8) is 0 Å². The molecule has 2 aromatic carbocycles. The predicted molar refractivity (Wildman–Crippen MR) is 109 cm³/mol. The van der Waals surface area contributed by atoms with Gasteiger partial charge in [0, 0.05) is 50.5 Å². The molecule has 0 unspecified atom stereocenters. The van der Waals surface area contributed by atoms with E-state index in [2.05, 4.69) is 65.4 Å². The van der Waals surface area contributed by atoms with Gasteiger partial charge in [-0.25, -0.2) is 0 Å². The Morgan fingerprint density at radius 1 is 0.962 bits per heavy atom. The number of carbonyl (C=O) groups excluding carboxylic acids is 1. The van der Waals surface area contributed by atoms with Crippen LogP contribution in [0.2, 0.25) is 0 Å². The van der Waals surface area contributed by atoms with Crippen molar-refractivity contribution in [1.82, 2.24) is 4.90 Å². The highest BCUT2D eigenvalue weighted by Gasteiger charge is 2.18. The second-order valence-electron chi connectivity index (χ2n) is 7.20. The molecule has 1 heterocycles. The Hall–Kier alpha value is -2.33. The van der Waals surface area contributed by atoms with Crippen LogP contribution in [0.5, 0.6) is 0 Å². The summed E-state index contributed by atoms with van der Waals surface area (Å²) in [5.41, 5.74) is 3.42. The van der Waals surface area contributed by atoms with E-state index in [9.17, 15) is 4.79 Å². The van der Waals surface area contributed by atoms with E-state index in [4.69, 9.17) is 0 Å². The lowest BCUT2D eigenvalue weighted by atomic mass is 10.0. The van der Waals surface area contributed by atoms with Crippen LogP contribution in [0.4, 0.5) is 11.4 Å². The minimum Gasteiger partial charge on any atom is -0.369 e. The van der Waals surface area contributed by atoms with E-state index in [0.717, 1.165) is 38.4 Å². The van der Waals surface area contributed by atoms with Crippen LogP contribution < -0.4 is 10.2 Å². The summed E-state index contributed by atoms with van der Waals surface area (Å²) in [6, 6.07) is 18.6. The standard InChI is InChI=1S/C22H29N3O/c1-18(2)20-10-6-7-11-21(20)23-22(26)12-13-24-14-16-25(17-15-24)19-8-4-3-5-9-19/h3-11,18H,12-17H2,1-2H3,(H,23,26). The normalized spacial score (nSPS) is 15.3. The van der Waals surface area contributed by atoms with Gasteiger partial charge in [-0.15, -0.1) is 0 Å². The van der Waals surface area contributed by atoms with Gasteiger partial charge in [0.15, 0.2) is 0 Å². The first-order valence-corrected chi connectivity index (χ1v) is 9.54. The maximum atomic E-state index is 12.4. The zero-order valence-electron chi connectivity index (χ0n) is 15.8. The SMILES string of the molecule is CC(C)c1ccccc1NC(=O)CCN1CCN(c2ccccc2)CC1. The lowest BCUT2D eigenvalue weighted by molar-refractivity contribution is -0.116. The summed E-state index contributed by atoms with van der Waals surface area (Å²) >= 11 is 0. The number of hydrogen-bond donors (Lipinski definition) is 1. The topological polar surface area (TPSA) is 35.6 Å². The molecule has 2 aromatic rings. The van der Waals surface area contributed by atoms with Gasteiger partial charge in [-0.3, -0.25) is 9.69 Å². The summed E-state index contributed by atoms with van der Waals surface area (Å²) in [4.78, 5) is 17.2. The third kappa shape index (κ3) is 4.85. The Morgan fingerprint density at radius 2 is 1.62 bits per heavy atom. The van der Waals surface area contributed by atoms with Gasteiger partial charge in [0.25, 0.3) is 0 Å². The van der Waals surface area contributed by atoms with Crippen LogP contribution in [0.25, 0.3) is 0 Å². The largest absolute Gasteiger partial charge is 0.369 e. The van der Waals surface area contributed by atoms with Gasteiger partial charge in [0.05, 0.1) is 0 Å². The Morgan fingerprint density at radius 3 is 2.31 bits per heavy atom. The minimum absolute atomic E-state index is 0.101. The van der Waals surface area contributed by atoms with Gasteiger partial charge in [-0.05, 0) is 29.7 Å². The number of amides is 1. The molecule has 4 heteroatoms. The lowest BCUT2D eigenvalue weighted by Gasteiger charge is -2.36. The fraction of sp³-hybridized carbons (Fsp3) is 0.409. The Kier molecular flexibility index (Phi) is 6.29. The van der Waals surface area contributed by atoms with Crippen LogP contribution in [0.3, 0.4) is 0 Å². The van der Waals surface area contributed by atoms with Crippen LogP contribution in [-0.4, -0.2) is 43.5 Å². The third-order valence-corrected chi connectivity index (χ3v) is 5.01. The van der Waals surface area contributed by atoms with Crippen molar-refractivity contribution in [3.05, 3.63) is 60.2 Å². The van der Waals surface area contributed by atoms with Crippen molar-refractivity contribution in [2.45, 2.75) is 26.2 Å². The van der Waals surface area contributed by atoms with E-state index < -0.39 is 0 Å². The molecule has 0 saturated carbocycles. The highest BCUT2D eigenvalue weighted by molar-refractivity contribution is 5.91. The molecule has 26 heavy (non-hydrogen) atoms. The molecule has 4 nitrogen and oxygen atoms in total. The number of benzene rings is 2. The maximum absolute atomic E-state index is 12.4. The van der Waals surface area contributed by atoms with Crippen molar-refractivity contribution in [1.29, 1.82) is 0 Å². The molecular weight excluding hydrogens is 322 g/mol. The number of anilines is 2. The molecular formula is C22H29N3O. The van der Waals surface area contributed by atoms with Gasteiger partial charge in [0.2, 0.25) is 5.91 Å². The Bertz CT molecular complexity index is 706. The molecule has 1 aliphatic rings. The summed E-state index contributed by atoms with van der Waals surface area (Å²) in [7, 11) is 0. The first-order chi connectivity index (χ1) is 12.6. The highest BCUT2D eigenvalue weighted by Crippen LogP contribution is 2.23. The van der Waals surface area contributed by atoms with E-state index in [-0.39, 0.29) is 5.91 Å². The smallest absolute Gasteiger partial charge is 0.225 e. The summed E-state index contributed by atoms with van der Waals surface area (Å²) in [5, 5.41) is 3.09. The van der Waals surface area contributed by atoms with E-state index in [1.165, 1.54) is 11.3 Å². The van der Waals surface area contributed by atoms with Crippen molar-refractivity contribution < 1.29 is 4.79 Å². The van der Waals surface area contributed by atoms with E-state index in [1.807, 2.05) is 18.2 Å². The van der Waals surface area contributed by atoms with Crippen LogP contribution in [-0.2, 0) is 4.79 Å². The summed E-state index contributed by atoms with van der Waals surface area (Å²) in [5.74, 6) is 0.501. The van der Waals surface area contributed by atoms with Crippen molar-refractivity contribution >= 4 is 17.3 Å². The molecule has 1 saturated heterocycles. The molecule has 1 amide bonds. The highest BCUT2D eigenvalue weighted by atomic mass is 16.1. The van der Waals surface area contributed by atoms with Gasteiger partial charge in [-0.1, -0.05) is 50.2 Å². The molecule has 1 fully saturated rings. The molecule has 1 N–H and O–H groups in total. The molecule has 0 radical (unpaired) electrons. The molecule has 0 atom stereocenters. The minimum atomic E-state index is 0.101. The summed E-state index contributed by atoms with van der Waals surface area (Å²) in [6.07, 6.45) is 0.539. The van der Waals surface area contributed by atoms with Crippen LogP contribution in [0.1, 0.15) is 31.7 Å². The summed E-state index contributed by atoms with van der Waals surface area (Å²) in [6.45, 7) is 9.16.